The third kappa shape index (κ3) is 2.37. The minimum Gasteiger partial charge on any atom is -0.478 e. The van der Waals surface area contributed by atoms with Crippen LogP contribution < -0.4 is 5.32 Å². The number of para-hydroxylation sites is 1. The third-order valence-electron chi connectivity index (χ3n) is 6.60. The van der Waals surface area contributed by atoms with Gasteiger partial charge in [0.25, 0.3) is 0 Å². The van der Waals surface area contributed by atoms with Crippen molar-refractivity contribution in [3.8, 4) is 0 Å². The second-order valence-corrected chi connectivity index (χ2v) is 8.71. The molecule has 0 spiro atoms. The maximum Gasteiger partial charge on any atom is 0.337 e. The molecular weight excluding hydrogens is 369 g/mol. The highest BCUT2D eigenvalue weighted by Crippen LogP contribution is 2.64. The fourth-order valence-corrected chi connectivity index (χ4v) is 6.32. The molecule has 0 unspecified atom stereocenters. The van der Waals surface area contributed by atoms with Gasteiger partial charge in [-0.3, -0.25) is 0 Å². The van der Waals surface area contributed by atoms with Crippen LogP contribution in [0.25, 0.3) is 0 Å². The van der Waals surface area contributed by atoms with Gasteiger partial charge in [0.15, 0.2) is 0 Å². The number of anilines is 1. The third-order valence-corrected chi connectivity index (χ3v) is 7.03. The SMILES string of the molecule is O=C(O)c1cccc2c1N[C@H](c1cc(Cl)cc(Cl)c1)[C@@H]1[C@H]3CC[C@@H](C3)[C@@H]21. The van der Waals surface area contributed by atoms with Crippen LogP contribution in [0.15, 0.2) is 36.4 Å². The maximum absolute atomic E-state index is 11.8. The largest absolute Gasteiger partial charge is 0.478 e. The Morgan fingerprint density at radius 3 is 2.54 bits per heavy atom. The fourth-order valence-electron chi connectivity index (χ4n) is 5.78. The highest BCUT2D eigenvalue weighted by molar-refractivity contribution is 6.34. The van der Waals surface area contributed by atoms with Gasteiger partial charge in [-0.15, -0.1) is 0 Å². The first-order chi connectivity index (χ1) is 12.5. The Hall–Kier alpha value is -1.71. The summed E-state index contributed by atoms with van der Waals surface area (Å²) in [6.45, 7) is 0. The summed E-state index contributed by atoms with van der Waals surface area (Å²) in [4.78, 5) is 11.8. The van der Waals surface area contributed by atoms with Crippen molar-refractivity contribution in [2.45, 2.75) is 31.2 Å². The van der Waals surface area contributed by atoms with Crippen LogP contribution in [0, 0.1) is 17.8 Å². The maximum atomic E-state index is 11.8. The number of hydrogen-bond acceptors (Lipinski definition) is 2. The van der Waals surface area contributed by atoms with E-state index >= 15 is 0 Å². The molecule has 5 rings (SSSR count). The van der Waals surface area contributed by atoms with Crippen molar-refractivity contribution >= 4 is 34.9 Å². The number of carboxylic acid groups (broad SMARTS) is 1. The molecule has 2 saturated carbocycles. The normalized spacial score (nSPS) is 31.2. The summed E-state index contributed by atoms with van der Waals surface area (Å²) < 4.78 is 0. The number of fused-ring (bicyclic) bond motifs is 7. The van der Waals surface area contributed by atoms with E-state index < -0.39 is 5.97 Å². The van der Waals surface area contributed by atoms with E-state index in [9.17, 15) is 9.90 Å². The number of carboxylic acids is 1. The van der Waals surface area contributed by atoms with Crippen LogP contribution in [0.5, 0.6) is 0 Å². The smallest absolute Gasteiger partial charge is 0.337 e. The Bertz CT molecular complexity index is 893. The lowest BCUT2D eigenvalue weighted by Crippen LogP contribution is -2.36. The Balaban J connectivity index is 1.69. The van der Waals surface area contributed by atoms with Crippen molar-refractivity contribution in [2.75, 3.05) is 5.32 Å². The van der Waals surface area contributed by atoms with Gasteiger partial charge in [0.2, 0.25) is 0 Å². The lowest BCUT2D eigenvalue weighted by molar-refractivity contribution is 0.0697. The highest BCUT2D eigenvalue weighted by Gasteiger charge is 2.54. The van der Waals surface area contributed by atoms with E-state index in [1.54, 1.807) is 12.1 Å². The predicted molar refractivity (Wildman–Crippen MR) is 103 cm³/mol. The number of hydrogen-bond donors (Lipinski definition) is 2. The van der Waals surface area contributed by atoms with Crippen LogP contribution in [0.4, 0.5) is 5.69 Å². The van der Waals surface area contributed by atoms with E-state index in [1.807, 2.05) is 18.2 Å². The molecule has 2 aromatic rings. The molecule has 0 amide bonds. The molecule has 2 fully saturated rings. The van der Waals surface area contributed by atoms with Crippen molar-refractivity contribution in [3.63, 3.8) is 0 Å². The molecule has 2 aliphatic carbocycles. The van der Waals surface area contributed by atoms with Crippen molar-refractivity contribution in [3.05, 3.63) is 63.1 Å². The number of aromatic carboxylic acids is 1. The molecular formula is C21H19Cl2NO2. The van der Waals surface area contributed by atoms with Crippen molar-refractivity contribution in [1.82, 2.24) is 0 Å². The predicted octanol–water partition coefficient (Wildman–Crippen LogP) is 5.99. The average molecular weight is 388 g/mol. The molecule has 1 aliphatic heterocycles. The summed E-state index contributed by atoms with van der Waals surface area (Å²) in [5.74, 6) is 1.29. The van der Waals surface area contributed by atoms with Gasteiger partial charge in [-0.1, -0.05) is 35.3 Å². The number of halogens is 2. The highest BCUT2D eigenvalue weighted by atomic mass is 35.5. The molecule has 5 atom stereocenters. The topological polar surface area (TPSA) is 49.3 Å². The number of carbonyl (C=O) groups is 1. The molecule has 5 heteroatoms. The van der Waals surface area contributed by atoms with Crippen molar-refractivity contribution < 1.29 is 9.90 Å². The van der Waals surface area contributed by atoms with Crippen LogP contribution in [-0.2, 0) is 0 Å². The molecule has 0 radical (unpaired) electrons. The molecule has 0 saturated heterocycles. The lowest BCUT2D eigenvalue weighted by atomic mass is 9.67. The molecule has 2 N–H and O–H groups in total. The summed E-state index contributed by atoms with van der Waals surface area (Å²) in [6.07, 6.45) is 3.73. The molecule has 2 aromatic carbocycles. The monoisotopic (exact) mass is 387 g/mol. The quantitative estimate of drug-likeness (QED) is 0.665. The Morgan fingerprint density at radius 2 is 1.81 bits per heavy atom. The molecule has 3 aliphatic rings. The molecule has 3 nitrogen and oxygen atoms in total. The first-order valence-corrected chi connectivity index (χ1v) is 9.87. The Morgan fingerprint density at radius 1 is 1.08 bits per heavy atom. The standard InChI is InChI=1S/C21H19Cl2NO2/c22-13-7-12(8-14(23)9-13)19-18-11-5-4-10(6-11)17(18)15-2-1-3-16(21(25)26)20(15)24-19/h1-3,7-11,17-19,24H,4-6H2,(H,25,26)/t10-,11-,17-,18+,19+/m0/s1. The van der Waals surface area contributed by atoms with E-state index in [4.69, 9.17) is 23.2 Å². The van der Waals surface area contributed by atoms with E-state index in [1.165, 1.54) is 24.8 Å². The average Bonchev–Trinajstić information content (AvgIpc) is 3.21. The van der Waals surface area contributed by atoms with Crippen LogP contribution in [0.3, 0.4) is 0 Å². The summed E-state index contributed by atoms with van der Waals surface area (Å²) in [6, 6.07) is 11.4. The van der Waals surface area contributed by atoms with Gasteiger partial charge in [-0.25, -0.2) is 4.79 Å². The van der Waals surface area contributed by atoms with Gasteiger partial charge in [0.1, 0.15) is 0 Å². The van der Waals surface area contributed by atoms with Gasteiger partial charge < -0.3 is 10.4 Å². The molecule has 2 bridgehead atoms. The second-order valence-electron chi connectivity index (χ2n) is 7.84. The summed E-state index contributed by atoms with van der Waals surface area (Å²) in [7, 11) is 0. The number of rotatable bonds is 2. The number of nitrogens with one attached hydrogen (secondary N) is 1. The van der Waals surface area contributed by atoms with Crippen LogP contribution in [0.1, 0.15) is 52.7 Å². The lowest BCUT2D eigenvalue weighted by Gasteiger charge is -2.44. The summed E-state index contributed by atoms with van der Waals surface area (Å²) >= 11 is 12.5. The van der Waals surface area contributed by atoms with E-state index in [2.05, 4.69) is 11.4 Å². The first-order valence-electron chi connectivity index (χ1n) is 9.11. The molecule has 1 heterocycles. The molecule has 26 heavy (non-hydrogen) atoms. The first kappa shape index (κ1) is 16.5. The summed E-state index contributed by atoms with van der Waals surface area (Å²) in [5, 5.41) is 14.5. The zero-order valence-electron chi connectivity index (χ0n) is 14.1. The minimum atomic E-state index is -0.890. The molecule has 134 valence electrons. The van der Waals surface area contributed by atoms with Crippen molar-refractivity contribution in [1.29, 1.82) is 0 Å². The summed E-state index contributed by atoms with van der Waals surface area (Å²) in [5.41, 5.74) is 3.35. The van der Waals surface area contributed by atoms with E-state index in [0.29, 0.717) is 39.3 Å². The van der Waals surface area contributed by atoms with Crippen molar-refractivity contribution in [2.24, 2.45) is 17.8 Å². The Kier molecular flexibility index (Phi) is 3.74. The van der Waals surface area contributed by atoms with Gasteiger partial charge >= 0.3 is 5.97 Å². The van der Waals surface area contributed by atoms with Gasteiger partial charge in [0, 0.05) is 10.0 Å². The fraction of sp³-hybridized carbons (Fsp3) is 0.381. The van der Waals surface area contributed by atoms with Crippen LogP contribution in [0.2, 0.25) is 10.0 Å². The zero-order chi connectivity index (χ0) is 18.0. The van der Waals surface area contributed by atoms with Gasteiger partial charge in [-0.2, -0.15) is 0 Å². The van der Waals surface area contributed by atoms with Crippen LogP contribution >= 0.6 is 23.2 Å². The van der Waals surface area contributed by atoms with E-state index in [0.717, 1.165) is 11.3 Å². The van der Waals surface area contributed by atoms with Crippen LogP contribution in [-0.4, -0.2) is 11.1 Å². The van der Waals surface area contributed by atoms with E-state index in [-0.39, 0.29) is 6.04 Å². The Labute approximate surface area is 162 Å². The van der Waals surface area contributed by atoms with Gasteiger partial charge in [0.05, 0.1) is 17.3 Å². The minimum absolute atomic E-state index is 0.0412. The second kappa shape index (κ2) is 5.90. The van der Waals surface area contributed by atoms with Gasteiger partial charge in [-0.05, 0) is 78.3 Å². The molecule has 0 aromatic heterocycles. The number of benzene rings is 2. The zero-order valence-corrected chi connectivity index (χ0v) is 15.6.